The summed E-state index contributed by atoms with van der Waals surface area (Å²) in [6.07, 6.45) is 2.81. The molecule has 0 aromatic heterocycles. The smallest absolute Gasteiger partial charge is 0.244 e. The highest BCUT2D eigenvalue weighted by Gasteiger charge is 2.30. The molecule has 0 heterocycles. The molecule has 2 rings (SSSR count). The van der Waals surface area contributed by atoms with Gasteiger partial charge >= 0.3 is 0 Å². The number of hydrogen-bond acceptors (Lipinski definition) is 5. The number of rotatable bonds is 12. The third-order valence-electron chi connectivity index (χ3n) is 5.28. The fraction of sp³-hybridized carbons (Fsp3) is 0.417. The van der Waals surface area contributed by atoms with Crippen molar-refractivity contribution in [1.29, 1.82) is 0 Å². The average molecular weight is 555 g/mol. The third kappa shape index (κ3) is 8.02. The van der Waals surface area contributed by atoms with E-state index in [1.165, 1.54) is 4.90 Å². The second-order valence-electron chi connectivity index (χ2n) is 7.94. The number of carbonyl (C=O) groups excluding carboxylic acids is 2. The van der Waals surface area contributed by atoms with Crippen LogP contribution in [0.3, 0.4) is 0 Å². The van der Waals surface area contributed by atoms with Gasteiger partial charge in [-0.15, -0.1) is 0 Å². The molecule has 0 aliphatic heterocycles. The van der Waals surface area contributed by atoms with Crippen LogP contribution in [-0.2, 0) is 26.2 Å². The van der Waals surface area contributed by atoms with Gasteiger partial charge in [-0.3, -0.25) is 13.9 Å². The highest BCUT2D eigenvalue weighted by atomic mass is 79.9. The zero-order valence-electron chi connectivity index (χ0n) is 20.0. The van der Waals surface area contributed by atoms with Crippen molar-refractivity contribution in [2.75, 3.05) is 30.8 Å². The van der Waals surface area contributed by atoms with Crippen molar-refractivity contribution in [3.63, 3.8) is 0 Å². The number of carbonyl (C=O) groups is 2. The molecule has 186 valence electrons. The van der Waals surface area contributed by atoms with E-state index >= 15 is 0 Å². The molecule has 34 heavy (non-hydrogen) atoms. The number of amides is 2. The van der Waals surface area contributed by atoms with E-state index in [9.17, 15) is 18.0 Å². The van der Waals surface area contributed by atoms with E-state index in [0.717, 1.165) is 33.4 Å². The van der Waals surface area contributed by atoms with Crippen LogP contribution in [-0.4, -0.2) is 57.6 Å². The number of nitrogens with one attached hydrogen (secondary N) is 1. The van der Waals surface area contributed by atoms with E-state index in [-0.39, 0.29) is 12.5 Å². The predicted octanol–water partition coefficient (Wildman–Crippen LogP) is 3.56. The van der Waals surface area contributed by atoms with Crippen LogP contribution < -0.4 is 14.4 Å². The van der Waals surface area contributed by atoms with Crippen LogP contribution in [0.15, 0.2) is 53.0 Å². The van der Waals surface area contributed by atoms with Crippen molar-refractivity contribution < 1.29 is 22.7 Å². The standard InChI is InChI=1S/C24H32BrN3O5S/c1-5-6-14-26-24(30)18(2)27(16-19-8-7-9-22(15-19)33-3)23(29)17-28(34(4,31)32)21-12-10-20(25)11-13-21/h7-13,15,18H,5-6,14,16-17H2,1-4H3,(H,26,30)/t18-/m1/s1. The number of anilines is 1. The molecule has 0 spiro atoms. The molecule has 0 fully saturated rings. The summed E-state index contributed by atoms with van der Waals surface area (Å²) < 4.78 is 32.2. The molecule has 0 radical (unpaired) electrons. The van der Waals surface area contributed by atoms with Gasteiger partial charge in [-0.25, -0.2) is 8.42 Å². The van der Waals surface area contributed by atoms with E-state index in [1.807, 2.05) is 13.0 Å². The maximum absolute atomic E-state index is 13.5. The van der Waals surface area contributed by atoms with Gasteiger partial charge in [0.05, 0.1) is 19.1 Å². The fourth-order valence-electron chi connectivity index (χ4n) is 3.31. The minimum absolute atomic E-state index is 0.121. The molecule has 2 aromatic carbocycles. The van der Waals surface area contributed by atoms with Crippen molar-refractivity contribution in [1.82, 2.24) is 10.2 Å². The number of methoxy groups -OCH3 is 1. The Labute approximate surface area is 210 Å². The van der Waals surface area contributed by atoms with E-state index in [4.69, 9.17) is 4.74 Å². The molecule has 0 unspecified atom stereocenters. The molecule has 2 amide bonds. The predicted molar refractivity (Wildman–Crippen MR) is 137 cm³/mol. The van der Waals surface area contributed by atoms with Crippen molar-refractivity contribution in [3.05, 3.63) is 58.6 Å². The summed E-state index contributed by atoms with van der Waals surface area (Å²) in [5, 5.41) is 2.85. The van der Waals surface area contributed by atoms with Crippen molar-refractivity contribution in [3.8, 4) is 5.75 Å². The Kier molecular flexibility index (Phi) is 10.4. The lowest BCUT2D eigenvalue weighted by atomic mass is 10.1. The summed E-state index contributed by atoms with van der Waals surface area (Å²) >= 11 is 3.33. The number of unbranched alkanes of at least 4 members (excludes halogenated alkanes) is 1. The molecule has 2 aromatic rings. The Bertz CT molecular complexity index is 1080. The van der Waals surface area contributed by atoms with Crippen molar-refractivity contribution in [2.24, 2.45) is 0 Å². The number of sulfonamides is 1. The highest BCUT2D eigenvalue weighted by Crippen LogP contribution is 2.22. The molecule has 1 atom stereocenters. The Morgan fingerprint density at radius 3 is 2.41 bits per heavy atom. The molecular weight excluding hydrogens is 522 g/mol. The zero-order chi connectivity index (χ0) is 25.3. The van der Waals surface area contributed by atoms with Gasteiger partial charge < -0.3 is 15.0 Å². The summed E-state index contributed by atoms with van der Waals surface area (Å²) in [6, 6.07) is 13.0. The van der Waals surface area contributed by atoms with Gasteiger partial charge in [0, 0.05) is 17.6 Å². The molecule has 10 heteroatoms. The first-order chi connectivity index (χ1) is 16.1. The molecule has 0 aliphatic carbocycles. The minimum atomic E-state index is -3.76. The van der Waals surface area contributed by atoms with Crippen LogP contribution in [0.1, 0.15) is 32.3 Å². The van der Waals surface area contributed by atoms with Crippen LogP contribution in [0.25, 0.3) is 0 Å². The van der Waals surface area contributed by atoms with E-state index in [2.05, 4.69) is 21.2 Å². The fourth-order valence-corrected chi connectivity index (χ4v) is 4.42. The Hall–Kier alpha value is -2.59. The first-order valence-corrected chi connectivity index (χ1v) is 13.6. The average Bonchev–Trinajstić information content (AvgIpc) is 2.80. The highest BCUT2D eigenvalue weighted by molar-refractivity contribution is 9.10. The first kappa shape index (κ1) is 27.7. The van der Waals surface area contributed by atoms with Gasteiger partial charge in [0.15, 0.2) is 0 Å². The molecule has 1 N–H and O–H groups in total. The third-order valence-corrected chi connectivity index (χ3v) is 6.95. The van der Waals surface area contributed by atoms with Gasteiger partial charge in [-0.05, 0) is 55.3 Å². The summed E-state index contributed by atoms with van der Waals surface area (Å²) in [5.41, 5.74) is 1.12. The topological polar surface area (TPSA) is 96.0 Å². The second kappa shape index (κ2) is 12.8. The number of ether oxygens (including phenoxy) is 1. The van der Waals surface area contributed by atoms with Gasteiger partial charge in [0.25, 0.3) is 0 Å². The Morgan fingerprint density at radius 1 is 1.15 bits per heavy atom. The van der Waals surface area contributed by atoms with E-state index in [0.29, 0.717) is 18.0 Å². The van der Waals surface area contributed by atoms with Gasteiger partial charge in [-0.2, -0.15) is 0 Å². The molecule has 8 nitrogen and oxygen atoms in total. The maximum atomic E-state index is 13.5. The number of halogens is 1. The second-order valence-corrected chi connectivity index (χ2v) is 10.8. The maximum Gasteiger partial charge on any atom is 0.244 e. The lowest BCUT2D eigenvalue weighted by Crippen LogP contribution is -2.51. The van der Waals surface area contributed by atoms with Crippen LogP contribution >= 0.6 is 15.9 Å². The quantitative estimate of drug-likeness (QED) is 0.405. The van der Waals surface area contributed by atoms with E-state index in [1.54, 1.807) is 56.5 Å². The van der Waals surface area contributed by atoms with Gasteiger partial charge in [0.2, 0.25) is 21.8 Å². The van der Waals surface area contributed by atoms with Crippen LogP contribution in [0.4, 0.5) is 5.69 Å². The summed E-state index contributed by atoms with van der Waals surface area (Å²) in [5.74, 6) is -0.161. The molecule has 0 saturated heterocycles. The Balaban J connectivity index is 2.35. The monoisotopic (exact) mass is 553 g/mol. The lowest BCUT2D eigenvalue weighted by molar-refractivity contribution is -0.139. The summed E-state index contributed by atoms with van der Waals surface area (Å²) in [4.78, 5) is 27.7. The SMILES string of the molecule is CCCCNC(=O)[C@@H](C)N(Cc1cccc(OC)c1)C(=O)CN(c1ccc(Br)cc1)S(C)(=O)=O. The zero-order valence-corrected chi connectivity index (χ0v) is 22.4. The molecule has 0 saturated carbocycles. The minimum Gasteiger partial charge on any atom is -0.497 e. The first-order valence-electron chi connectivity index (χ1n) is 11.0. The van der Waals surface area contributed by atoms with Crippen LogP contribution in [0.2, 0.25) is 0 Å². The number of benzene rings is 2. The Morgan fingerprint density at radius 2 is 1.82 bits per heavy atom. The van der Waals surface area contributed by atoms with E-state index < -0.39 is 28.5 Å². The van der Waals surface area contributed by atoms with Crippen molar-refractivity contribution in [2.45, 2.75) is 39.3 Å². The van der Waals surface area contributed by atoms with Crippen molar-refractivity contribution >= 4 is 43.5 Å². The summed E-state index contributed by atoms with van der Waals surface area (Å²) in [6.45, 7) is 3.86. The molecule has 0 aliphatic rings. The molecule has 0 bridgehead atoms. The molecular formula is C24H32BrN3O5S. The van der Waals surface area contributed by atoms with Crippen LogP contribution in [0, 0.1) is 0 Å². The summed E-state index contributed by atoms with van der Waals surface area (Å²) in [7, 11) is -2.21. The van der Waals surface area contributed by atoms with Crippen LogP contribution in [0.5, 0.6) is 5.75 Å². The van der Waals surface area contributed by atoms with Gasteiger partial charge in [-0.1, -0.05) is 41.4 Å². The lowest BCUT2D eigenvalue weighted by Gasteiger charge is -2.31. The normalized spacial score (nSPS) is 12.0. The van der Waals surface area contributed by atoms with Gasteiger partial charge in [0.1, 0.15) is 18.3 Å². The number of hydrogen-bond donors (Lipinski definition) is 1. The largest absolute Gasteiger partial charge is 0.497 e. The number of nitrogens with zero attached hydrogens (tertiary/aromatic N) is 2.